The van der Waals surface area contributed by atoms with Gasteiger partial charge in [-0.15, -0.1) is 0 Å². The van der Waals surface area contributed by atoms with Crippen LogP contribution < -0.4 is 5.32 Å². The lowest BCUT2D eigenvalue weighted by Crippen LogP contribution is -2.29. The predicted molar refractivity (Wildman–Crippen MR) is 62.3 cm³/mol. The van der Waals surface area contributed by atoms with Crippen LogP contribution in [0.2, 0.25) is 0 Å². The molecule has 0 bridgehead atoms. The van der Waals surface area contributed by atoms with Gasteiger partial charge in [-0.05, 0) is 37.8 Å². The van der Waals surface area contributed by atoms with Crippen molar-refractivity contribution in [3.05, 3.63) is 35.4 Å². The lowest BCUT2D eigenvalue weighted by atomic mass is 10.1. The topological polar surface area (TPSA) is 38.3 Å². The van der Waals surface area contributed by atoms with Gasteiger partial charge in [0.2, 0.25) is 0 Å². The van der Waals surface area contributed by atoms with Gasteiger partial charge >= 0.3 is 6.09 Å². The summed E-state index contributed by atoms with van der Waals surface area (Å²) in [7, 11) is 0. The maximum atomic E-state index is 11.5. The van der Waals surface area contributed by atoms with Crippen molar-refractivity contribution in [1.82, 2.24) is 5.32 Å². The molecule has 1 aromatic carbocycles. The fourth-order valence-electron chi connectivity index (χ4n) is 2.10. The Balaban J connectivity index is 2.00. The van der Waals surface area contributed by atoms with Gasteiger partial charge in [0.15, 0.2) is 0 Å². The number of hydrogen-bond donors (Lipinski definition) is 1. The van der Waals surface area contributed by atoms with E-state index in [4.69, 9.17) is 4.74 Å². The molecule has 0 aliphatic heterocycles. The molecule has 0 saturated heterocycles. The van der Waals surface area contributed by atoms with Crippen LogP contribution in [0.15, 0.2) is 24.3 Å². The van der Waals surface area contributed by atoms with E-state index in [9.17, 15) is 4.79 Å². The molecule has 3 nitrogen and oxygen atoms in total. The molecule has 0 fully saturated rings. The molecule has 0 spiro atoms. The number of alkyl carbamates (subject to hydrolysis) is 1. The van der Waals surface area contributed by atoms with Crippen LogP contribution in [0.5, 0.6) is 0 Å². The number of ether oxygens (including phenoxy) is 1. The van der Waals surface area contributed by atoms with Crippen LogP contribution in [-0.4, -0.2) is 12.2 Å². The van der Waals surface area contributed by atoms with Gasteiger partial charge in [-0.3, -0.25) is 0 Å². The summed E-state index contributed by atoms with van der Waals surface area (Å²) in [6.07, 6.45) is 1.60. The lowest BCUT2D eigenvalue weighted by Gasteiger charge is -2.15. The van der Waals surface area contributed by atoms with Crippen LogP contribution >= 0.6 is 0 Å². The van der Waals surface area contributed by atoms with Gasteiger partial charge in [0, 0.05) is 0 Å². The summed E-state index contributed by atoms with van der Waals surface area (Å²) < 4.78 is 5.08. The molecule has 1 aromatic rings. The van der Waals surface area contributed by atoms with E-state index in [2.05, 4.69) is 17.4 Å². The number of carbonyl (C=O) groups excluding carboxylic acids is 1. The Morgan fingerprint density at radius 2 is 2.19 bits per heavy atom. The van der Waals surface area contributed by atoms with Gasteiger partial charge in [0.05, 0.1) is 12.1 Å². The van der Waals surface area contributed by atoms with Gasteiger partial charge in [0.25, 0.3) is 0 Å². The van der Waals surface area contributed by atoms with Crippen molar-refractivity contribution in [2.45, 2.75) is 38.8 Å². The van der Waals surface area contributed by atoms with Crippen molar-refractivity contribution in [3.63, 3.8) is 0 Å². The third-order valence-electron chi connectivity index (χ3n) is 2.77. The molecule has 0 heterocycles. The fraction of sp³-hybridized carbons (Fsp3) is 0.462. The predicted octanol–water partition coefficient (Wildman–Crippen LogP) is 2.81. The molecule has 0 saturated carbocycles. The van der Waals surface area contributed by atoms with Crippen molar-refractivity contribution in [2.75, 3.05) is 0 Å². The molecular formula is C13H17NO2. The molecule has 1 amide bonds. The Bertz CT molecular complexity index is 387. The zero-order chi connectivity index (χ0) is 11.5. The van der Waals surface area contributed by atoms with E-state index in [-0.39, 0.29) is 18.2 Å². The SMILES string of the molecule is CC(C)OC(=O)N[C@@H]1CCc2ccccc21. The average Bonchev–Trinajstić information content (AvgIpc) is 2.61. The van der Waals surface area contributed by atoms with E-state index in [1.165, 1.54) is 11.1 Å². The summed E-state index contributed by atoms with van der Waals surface area (Å²) in [6, 6.07) is 8.34. The maximum absolute atomic E-state index is 11.5. The molecule has 0 radical (unpaired) electrons. The Morgan fingerprint density at radius 3 is 2.94 bits per heavy atom. The highest BCUT2D eigenvalue weighted by Gasteiger charge is 2.23. The van der Waals surface area contributed by atoms with Gasteiger partial charge in [-0.1, -0.05) is 24.3 Å². The van der Waals surface area contributed by atoms with Crippen LogP contribution in [0, 0.1) is 0 Å². The Hall–Kier alpha value is -1.51. The molecule has 0 unspecified atom stereocenters. The number of carbonyl (C=O) groups is 1. The van der Waals surface area contributed by atoms with E-state index < -0.39 is 0 Å². The Kier molecular flexibility index (Phi) is 3.13. The first-order chi connectivity index (χ1) is 7.66. The van der Waals surface area contributed by atoms with Crippen LogP contribution in [0.3, 0.4) is 0 Å². The minimum absolute atomic E-state index is 0.0725. The van der Waals surface area contributed by atoms with Crippen LogP contribution in [0.4, 0.5) is 4.79 Å². The second-order valence-corrected chi connectivity index (χ2v) is 4.39. The number of hydrogen-bond acceptors (Lipinski definition) is 2. The molecule has 3 heteroatoms. The maximum Gasteiger partial charge on any atom is 0.407 e. The summed E-state index contributed by atoms with van der Waals surface area (Å²) >= 11 is 0. The zero-order valence-electron chi connectivity index (χ0n) is 9.69. The molecule has 1 atom stereocenters. The van der Waals surface area contributed by atoms with E-state index in [0.717, 1.165) is 12.8 Å². The summed E-state index contributed by atoms with van der Waals surface area (Å²) in [6.45, 7) is 3.70. The average molecular weight is 219 g/mol. The lowest BCUT2D eigenvalue weighted by molar-refractivity contribution is 0.112. The Labute approximate surface area is 95.8 Å². The van der Waals surface area contributed by atoms with Crippen molar-refractivity contribution < 1.29 is 9.53 Å². The number of nitrogens with one attached hydrogen (secondary N) is 1. The van der Waals surface area contributed by atoms with Crippen LogP contribution in [0.1, 0.15) is 37.4 Å². The zero-order valence-corrected chi connectivity index (χ0v) is 9.69. The quantitative estimate of drug-likeness (QED) is 0.830. The third-order valence-corrected chi connectivity index (χ3v) is 2.77. The molecule has 1 aliphatic rings. The summed E-state index contributed by atoms with van der Waals surface area (Å²) in [5.74, 6) is 0. The summed E-state index contributed by atoms with van der Waals surface area (Å²) in [4.78, 5) is 11.5. The molecule has 0 aromatic heterocycles. The second kappa shape index (κ2) is 4.56. The highest BCUT2D eigenvalue weighted by molar-refractivity contribution is 5.68. The van der Waals surface area contributed by atoms with Crippen LogP contribution in [0.25, 0.3) is 0 Å². The third kappa shape index (κ3) is 2.35. The normalized spacial score (nSPS) is 18.3. The number of amides is 1. The minimum Gasteiger partial charge on any atom is -0.447 e. The standard InChI is InChI=1S/C13H17NO2/c1-9(2)16-13(15)14-12-8-7-10-5-3-4-6-11(10)12/h3-6,9,12H,7-8H2,1-2H3,(H,14,15)/t12-/m1/s1. The van der Waals surface area contributed by atoms with E-state index >= 15 is 0 Å². The molecule has 1 N–H and O–H groups in total. The number of rotatable bonds is 2. The van der Waals surface area contributed by atoms with E-state index in [0.29, 0.717) is 0 Å². The highest BCUT2D eigenvalue weighted by Crippen LogP contribution is 2.30. The largest absolute Gasteiger partial charge is 0.447 e. The summed E-state index contributed by atoms with van der Waals surface area (Å²) in [5, 5.41) is 2.91. The highest BCUT2D eigenvalue weighted by atomic mass is 16.6. The summed E-state index contributed by atoms with van der Waals surface area (Å²) in [5.41, 5.74) is 2.56. The fourth-order valence-corrected chi connectivity index (χ4v) is 2.10. The number of benzene rings is 1. The smallest absolute Gasteiger partial charge is 0.407 e. The molecule has 2 rings (SSSR count). The first-order valence-corrected chi connectivity index (χ1v) is 5.72. The molecule has 1 aliphatic carbocycles. The van der Waals surface area contributed by atoms with Gasteiger partial charge in [-0.2, -0.15) is 0 Å². The van der Waals surface area contributed by atoms with E-state index in [1.807, 2.05) is 26.0 Å². The number of aryl methyl sites for hydroxylation is 1. The van der Waals surface area contributed by atoms with Crippen LogP contribution in [-0.2, 0) is 11.2 Å². The first kappa shape index (κ1) is 11.0. The van der Waals surface area contributed by atoms with Gasteiger partial charge in [-0.25, -0.2) is 4.79 Å². The van der Waals surface area contributed by atoms with Crippen molar-refractivity contribution in [1.29, 1.82) is 0 Å². The van der Waals surface area contributed by atoms with E-state index in [1.54, 1.807) is 0 Å². The van der Waals surface area contributed by atoms with Gasteiger partial charge < -0.3 is 10.1 Å². The second-order valence-electron chi connectivity index (χ2n) is 4.39. The van der Waals surface area contributed by atoms with Crippen molar-refractivity contribution >= 4 is 6.09 Å². The number of fused-ring (bicyclic) bond motifs is 1. The van der Waals surface area contributed by atoms with Crippen molar-refractivity contribution in [2.24, 2.45) is 0 Å². The molecule has 86 valence electrons. The molecule has 16 heavy (non-hydrogen) atoms. The first-order valence-electron chi connectivity index (χ1n) is 5.72. The monoisotopic (exact) mass is 219 g/mol. The molecular weight excluding hydrogens is 202 g/mol. The Morgan fingerprint density at radius 1 is 1.44 bits per heavy atom. The van der Waals surface area contributed by atoms with Gasteiger partial charge in [0.1, 0.15) is 0 Å². The van der Waals surface area contributed by atoms with Crippen molar-refractivity contribution in [3.8, 4) is 0 Å². The minimum atomic E-state index is -0.322.